The van der Waals surface area contributed by atoms with Crippen LogP contribution in [0.3, 0.4) is 0 Å². The number of nitrogens with one attached hydrogen (secondary N) is 1. The van der Waals surface area contributed by atoms with Gasteiger partial charge in [-0.05, 0) is 43.4 Å². The van der Waals surface area contributed by atoms with Gasteiger partial charge in [-0.3, -0.25) is 4.79 Å². The fraction of sp³-hybridized carbons (Fsp3) is 0.938. The molecule has 1 N–H and O–H groups in total. The molecule has 3 rings (SSSR count). The van der Waals surface area contributed by atoms with Crippen LogP contribution in [0.2, 0.25) is 0 Å². The topological polar surface area (TPSA) is 66.5 Å². The Labute approximate surface area is 133 Å². The second kappa shape index (κ2) is 5.48. The smallest absolute Gasteiger partial charge is 0.225 e. The molecule has 1 saturated heterocycles. The normalized spacial score (nSPS) is 33.2. The molecule has 2 atom stereocenters. The van der Waals surface area contributed by atoms with Crippen LogP contribution in [0.25, 0.3) is 0 Å². The van der Waals surface area contributed by atoms with Crippen LogP contribution in [-0.2, 0) is 14.8 Å². The molecule has 2 saturated carbocycles. The molecule has 5 nitrogen and oxygen atoms in total. The van der Waals surface area contributed by atoms with E-state index in [1.807, 2.05) is 0 Å². The number of amides is 1. The molecule has 126 valence electrons. The van der Waals surface area contributed by atoms with E-state index in [1.165, 1.54) is 10.7 Å². The Morgan fingerprint density at radius 2 is 1.82 bits per heavy atom. The summed E-state index contributed by atoms with van der Waals surface area (Å²) in [6.07, 6.45) is 4.82. The SMILES string of the molecule is CC1CC(NC(=O)C2CN(S(=O)(=O)C3CC3)C2)CC(C)(C)C1. The van der Waals surface area contributed by atoms with E-state index in [0.29, 0.717) is 19.0 Å². The number of hydrogen-bond donors (Lipinski definition) is 1. The van der Waals surface area contributed by atoms with Crippen LogP contribution in [-0.4, -0.2) is 43.0 Å². The largest absolute Gasteiger partial charge is 0.353 e. The van der Waals surface area contributed by atoms with E-state index >= 15 is 0 Å². The Morgan fingerprint density at radius 1 is 1.18 bits per heavy atom. The van der Waals surface area contributed by atoms with Gasteiger partial charge in [-0.25, -0.2) is 8.42 Å². The Bertz CT molecular complexity index is 548. The monoisotopic (exact) mass is 328 g/mol. The van der Waals surface area contributed by atoms with Gasteiger partial charge in [-0.15, -0.1) is 0 Å². The Balaban J connectivity index is 1.49. The zero-order chi connectivity index (χ0) is 16.1. The number of rotatable bonds is 4. The van der Waals surface area contributed by atoms with Crippen LogP contribution in [0.1, 0.15) is 52.9 Å². The first-order chi connectivity index (χ1) is 10.2. The maximum Gasteiger partial charge on any atom is 0.225 e. The van der Waals surface area contributed by atoms with Gasteiger partial charge in [0.25, 0.3) is 0 Å². The van der Waals surface area contributed by atoms with Crippen molar-refractivity contribution in [1.82, 2.24) is 9.62 Å². The van der Waals surface area contributed by atoms with Crippen molar-refractivity contribution < 1.29 is 13.2 Å². The Morgan fingerprint density at radius 3 is 2.36 bits per heavy atom. The Hall–Kier alpha value is -0.620. The zero-order valence-corrected chi connectivity index (χ0v) is 14.7. The fourth-order valence-electron chi connectivity index (χ4n) is 4.16. The van der Waals surface area contributed by atoms with Crippen LogP contribution in [0, 0.1) is 17.3 Å². The first-order valence-corrected chi connectivity index (χ1v) is 9.97. The second-order valence-electron chi connectivity index (χ2n) is 8.38. The predicted octanol–water partition coefficient (Wildman–Crippen LogP) is 1.74. The molecular formula is C16H28N2O3S. The summed E-state index contributed by atoms with van der Waals surface area (Å²) >= 11 is 0. The molecule has 3 fully saturated rings. The zero-order valence-electron chi connectivity index (χ0n) is 13.8. The standard InChI is InChI=1S/C16H28N2O3S/c1-11-6-13(8-16(2,3)7-11)17-15(19)12-9-18(10-12)22(20,21)14-4-5-14/h11-14H,4-10H2,1-3H3,(H,17,19). The Kier molecular flexibility index (Phi) is 4.05. The van der Waals surface area contributed by atoms with Crippen molar-refractivity contribution in [1.29, 1.82) is 0 Å². The third-order valence-corrected chi connectivity index (χ3v) is 7.59. The predicted molar refractivity (Wildman–Crippen MR) is 85.7 cm³/mol. The van der Waals surface area contributed by atoms with Gasteiger partial charge in [0.1, 0.15) is 0 Å². The van der Waals surface area contributed by atoms with Crippen molar-refractivity contribution in [3.8, 4) is 0 Å². The summed E-state index contributed by atoms with van der Waals surface area (Å²) in [6, 6.07) is 0.236. The molecule has 1 aliphatic heterocycles. The molecule has 6 heteroatoms. The van der Waals surface area contributed by atoms with Gasteiger partial charge in [-0.2, -0.15) is 4.31 Å². The summed E-state index contributed by atoms with van der Waals surface area (Å²) in [7, 11) is -3.10. The molecule has 0 aromatic carbocycles. The fourth-order valence-corrected chi connectivity index (χ4v) is 6.09. The van der Waals surface area contributed by atoms with Gasteiger partial charge in [0.2, 0.25) is 15.9 Å². The molecule has 0 spiro atoms. The lowest BCUT2D eigenvalue weighted by molar-refractivity contribution is -0.129. The molecule has 1 heterocycles. The molecule has 0 bridgehead atoms. The number of sulfonamides is 1. The van der Waals surface area contributed by atoms with E-state index in [-0.39, 0.29) is 28.5 Å². The third-order valence-electron chi connectivity index (χ3n) is 5.26. The average molecular weight is 328 g/mol. The average Bonchev–Trinajstić information content (AvgIpc) is 3.05. The van der Waals surface area contributed by atoms with Crippen LogP contribution in [0.15, 0.2) is 0 Å². The van der Waals surface area contributed by atoms with Gasteiger partial charge in [0, 0.05) is 19.1 Å². The van der Waals surface area contributed by atoms with Crippen molar-refractivity contribution in [3.05, 3.63) is 0 Å². The minimum Gasteiger partial charge on any atom is -0.353 e. The number of carbonyl (C=O) groups excluding carboxylic acids is 1. The van der Waals surface area contributed by atoms with E-state index in [9.17, 15) is 13.2 Å². The van der Waals surface area contributed by atoms with E-state index in [0.717, 1.165) is 25.7 Å². The van der Waals surface area contributed by atoms with E-state index in [2.05, 4.69) is 26.1 Å². The van der Waals surface area contributed by atoms with Crippen LogP contribution >= 0.6 is 0 Å². The molecule has 1 amide bonds. The summed E-state index contributed by atoms with van der Waals surface area (Å²) in [6.45, 7) is 7.50. The van der Waals surface area contributed by atoms with Gasteiger partial charge >= 0.3 is 0 Å². The molecule has 2 aliphatic carbocycles. The van der Waals surface area contributed by atoms with Crippen molar-refractivity contribution in [2.75, 3.05) is 13.1 Å². The van der Waals surface area contributed by atoms with Crippen LogP contribution in [0.4, 0.5) is 0 Å². The number of carbonyl (C=O) groups is 1. The van der Waals surface area contributed by atoms with Crippen LogP contribution in [0.5, 0.6) is 0 Å². The van der Waals surface area contributed by atoms with Crippen molar-refractivity contribution in [3.63, 3.8) is 0 Å². The summed E-state index contributed by atoms with van der Waals surface area (Å²) in [5, 5.41) is 2.99. The molecule has 0 radical (unpaired) electrons. The maximum atomic E-state index is 12.3. The minimum absolute atomic E-state index is 0.0390. The summed E-state index contributed by atoms with van der Waals surface area (Å²) in [5.41, 5.74) is 0.274. The first-order valence-electron chi connectivity index (χ1n) is 8.47. The molecule has 3 aliphatic rings. The molecule has 0 aromatic rings. The second-order valence-corrected chi connectivity index (χ2v) is 10.6. The van der Waals surface area contributed by atoms with Crippen molar-refractivity contribution in [2.45, 2.75) is 64.2 Å². The van der Waals surface area contributed by atoms with E-state index in [1.54, 1.807) is 0 Å². The molecule has 2 unspecified atom stereocenters. The number of nitrogens with zero attached hydrogens (tertiary/aromatic N) is 1. The first kappa shape index (κ1) is 16.2. The number of hydrogen-bond acceptors (Lipinski definition) is 3. The highest BCUT2D eigenvalue weighted by Crippen LogP contribution is 2.39. The third kappa shape index (κ3) is 3.32. The lowest BCUT2D eigenvalue weighted by Gasteiger charge is -2.41. The minimum atomic E-state index is -3.10. The van der Waals surface area contributed by atoms with E-state index < -0.39 is 10.0 Å². The quantitative estimate of drug-likeness (QED) is 0.855. The highest BCUT2D eigenvalue weighted by molar-refractivity contribution is 7.90. The molecular weight excluding hydrogens is 300 g/mol. The van der Waals surface area contributed by atoms with Crippen molar-refractivity contribution >= 4 is 15.9 Å². The lowest BCUT2D eigenvalue weighted by atomic mass is 9.70. The van der Waals surface area contributed by atoms with E-state index in [4.69, 9.17) is 0 Å². The highest BCUT2D eigenvalue weighted by atomic mass is 32.2. The lowest BCUT2D eigenvalue weighted by Crippen LogP contribution is -2.58. The van der Waals surface area contributed by atoms with Gasteiger partial charge in [0.15, 0.2) is 0 Å². The van der Waals surface area contributed by atoms with Gasteiger partial charge in [0.05, 0.1) is 11.2 Å². The summed E-state index contributed by atoms with van der Waals surface area (Å²) in [4.78, 5) is 12.3. The molecule has 22 heavy (non-hydrogen) atoms. The summed E-state index contributed by atoms with van der Waals surface area (Å²) < 4.78 is 25.6. The molecule has 0 aromatic heterocycles. The van der Waals surface area contributed by atoms with Crippen molar-refractivity contribution in [2.24, 2.45) is 17.3 Å². The summed E-state index contributed by atoms with van der Waals surface area (Å²) in [5.74, 6) is 0.508. The van der Waals surface area contributed by atoms with Gasteiger partial charge < -0.3 is 5.32 Å². The van der Waals surface area contributed by atoms with Crippen LogP contribution < -0.4 is 5.32 Å². The highest BCUT2D eigenvalue weighted by Gasteiger charge is 2.47. The van der Waals surface area contributed by atoms with Gasteiger partial charge in [-0.1, -0.05) is 20.8 Å². The maximum absolute atomic E-state index is 12.3.